The van der Waals surface area contributed by atoms with Crippen molar-refractivity contribution in [3.63, 3.8) is 0 Å². The maximum atomic E-state index is 12.7. The fraction of sp³-hybridized carbons (Fsp3) is 0.368. The molecule has 1 aromatic carbocycles. The van der Waals surface area contributed by atoms with Crippen LogP contribution in [0.1, 0.15) is 52.3 Å². The Morgan fingerprint density at radius 1 is 1.19 bits per heavy atom. The van der Waals surface area contributed by atoms with E-state index in [4.69, 9.17) is 9.47 Å². The fourth-order valence-electron chi connectivity index (χ4n) is 3.55. The highest BCUT2D eigenvalue weighted by molar-refractivity contribution is 7.16. The van der Waals surface area contributed by atoms with Crippen molar-refractivity contribution in [3.05, 3.63) is 39.8 Å². The van der Waals surface area contributed by atoms with Gasteiger partial charge in [-0.15, -0.1) is 11.3 Å². The molecule has 136 valence electrons. The van der Waals surface area contributed by atoms with Gasteiger partial charge in [0.05, 0.1) is 12.7 Å². The summed E-state index contributed by atoms with van der Waals surface area (Å²) in [6.45, 7) is 1.34. The zero-order valence-electron chi connectivity index (χ0n) is 14.7. The summed E-state index contributed by atoms with van der Waals surface area (Å²) >= 11 is 1.69. The summed E-state index contributed by atoms with van der Waals surface area (Å²) in [5.74, 6) is 0.364. The van der Waals surface area contributed by atoms with E-state index >= 15 is 0 Å². The second kappa shape index (κ2) is 6.64. The van der Waals surface area contributed by atoms with Crippen LogP contribution in [0.5, 0.6) is 11.5 Å². The number of nitrogens with one attached hydrogen (secondary N) is 2. The number of thiophene rings is 1. The van der Waals surface area contributed by atoms with Gasteiger partial charge in [-0.2, -0.15) is 0 Å². The van der Waals surface area contributed by atoms with Gasteiger partial charge < -0.3 is 20.1 Å². The maximum Gasteiger partial charge on any atom is 0.308 e. The van der Waals surface area contributed by atoms with E-state index in [-0.39, 0.29) is 12.1 Å². The lowest BCUT2D eigenvalue weighted by molar-refractivity contribution is -0.132. The first kappa shape index (κ1) is 16.9. The Kier molecular flexibility index (Phi) is 4.32. The van der Waals surface area contributed by atoms with Crippen LogP contribution in [0, 0.1) is 0 Å². The Morgan fingerprint density at radius 3 is 2.77 bits per heavy atom. The quantitative estimate of drug-likeness (QED) is 0.638. The van der Waals surface area contributed by atoms with Gasteiger partial charge in [0, 0.05) is 11.8 Å². The van der Waals surface area contributed by atoms with Gasteiger partial charge in [0.25, 0.3) is 5.91 Å². The average Bonchev–Trinajstić information content (AvgIpc) is 3.00. The summed E-state index contributed by atoms with van der Waals surface area (Å²) in [4.78, 5) is 25.2. The number of esters is 1. The highest BCUT2D eigenvalue weighted by atomic mass is 32.1. The Bertz CT molecular complexity index is 890. The molecule has 0 fully saturated rings. The molecule has 1 aliphatic carbocycles. The largest absolute Gasteiger partial charge is 0.493 e. The number of ether oxygens (including phenoxy) is 2. The number of benzene rings is 1. The standard InChI is InChI=1S/C19H20N2O4S/c1-10(22)25-13-8-7-11(9-14(13)24-2)17-20-18(23)16-12-5-3-4-6-15(12)26-19(16)21-17/h7-9,17,21H,3-6H2,1-2H3,(H,20,23). The third-order valence-corrected chi connectivity index (χ3v) is 5.95. The van der Waals surface area contributed by atoms with Crippen molar-refractivity contribution < 1.29 is 19.1 Å². The van der Waals surface area contributed by atoms with Gasteiger partial charge in [-0.05, 0) is 48.9 Å². The number of hydrogen-bond acceptors (Lipinski definition) is 6. The van der Waals surface area contributed by atoms with E-state index < -0.39 is 5.97 Å². The first-order chi connectivity index (χ1) is 12.6. The Labute approximate surface area is 155 Å². The number of methoxy groups -OCH3 is 1. The molecule has 1 unspecified atom stereocenters. The summed E-state index contributed by atoms with van der Waals surface area (Å²) in [6.07, 6.45) is 4.01. The van der Waals surface area contributed by atoms with E-state index in [2.05, 4.69) is 10.6 Å². The Hall–Kier alpha value is -2.54. The lowest BCUT2D eigenvalue weighted by Gasteiger charge is -2.27. The zero-order chi connectivity index (χ0) is 18.3. The van der Waals surface area contributed by atoms with Gasteiger partial charge in [0.2, 0.25) is 0 Å². The first-order valence-electron chi connectivity index (χ1n) is 8.65. The molecule has 4 rings (SSSR count). The number of carbonyl (C=O) groups excluding carboxylic acids is 2. The molecule has 2 heterocycles. The van der Waals surface area contributed by atoms with Crippen LogP contribution in [0.3, 0.4) is 0 Å². The molecule has 2 N–H and O–H groups in total. The van der Waals surface area contributed by atoms with Crippen molar-refractivity contribution in [2.24, 2.45) is 0 Å². The summed E-state index contributed by atoms with van der Waals surface area (Å²) in [5.41, 5.74) is 2.86. The van der Waals surface area contributed by atoms with Crippen molar-refractivity contribution in [2.45, 2.75) is 38.8 Å². The first-order valence-corrected chi connectivity index (χ1v) is 9.46. The molecule has 2 aromatic rings. The number of anilines is 1. The summed E-state index contributed by atoms with van der Waals surface area (Å²) in [7, 11) is 1.52. The topological polar surface area (TPSA) is 76.7 Å². The molecule has 7 heteroatoms. The molecule has 1 amide bonds. The minimum Gasteiger partial charge on any atom is -0.493 e. The molecule has 2 aliphatic rings. The fourth-order valence-corrected chi connectivity index (χ4v) is 4.86. The molecule has 6 nitrogen and oxygen atoms in total. The molecule has 0 saturated carbocycles. The molecule has 1 aromatic heterocycles. The number of amides is 1. The SMILES string of the molecule is COc1cc(C2NC(=O)c3c(sc4c3CCCC4)N2)ccc1OC(C)=O. The van der Waals surface area contributed by atoms with Crippen LogP contribution in [0.25, 0.3) is 0 Å². The average molecular weight is 372 g/mol. The lowest BCUT2D eigenvalue weighted by atomic mass is 9.94. The lowest BCUT2D eigenvalue weighted by Crippen LogP contribution is -2.38. The van der Waals surface area contributed by atoms with Crippen molar-refractivity contribution in [3.8, 4) is 11.5 Å². The number of fused-ring (bicyclic) bond motifs is 3. The number of hydrogen-bond donors (Lipinski definition) is 2. The number of aryl methyl sites for hydroxylation is 1. The molecule has 0 spiro atoms. The predicted octanol–water partition coefficient (Wildman–Crippen LogP) is 3.41. The normalized spacial score (nSPS) is 18.2. The highest BCUT2D eigenvalue weighted by Gasteiger charge is 2.32. The Balaban J connectivity index is 1.64. The van der Waals surface area contributed by atoms with E-state index in [0.717, 1.165) is 35.4 Å². The van der Waals surface area contributed by atoms with Crippen molar-refractivity contribution in [1.82, 2.24) is 5.32 Å². The second-order valence-electron chi connectivity index (χ2n) is 6.47. The van der Waals surface area contributed by atoms with Gasteiger partial charge in [-0.25, -0.2) is 0 Å². The zero-order valence-corrected chi connectivity index (χ0v) is 15.5. The van der Waals surface area contributed by atoms with Gasteiger partial charge in [0.15, 0.2) is 11.5 Å². The molecule has 1 atom stereocenters. The van der Waals surface area contributed by atoms with E-state index in [1.54, 1.807) is 23.5 Å². The van der Waals surface area contributed by atoms with Gasteiger partial charge in [-0.1, -0.05) is 6.07 Å². The molecular weight excluding hydrogens is 352 g/mol. The van der Waals surface area contributed by atoms with E-state index in [0.29, 0.717) is 11.5 Å². The predicted molar refractivity (Wildman–Crippen MR) is 99.1 cm³/mol. The number of carbonyl (C=O) groups is 2. The summed E-state index contributed by atoms with van der Waals surface area (Å²) in [5, 5.41) is 7.40. The molecule has 1 aliphatic heterocycles. The van der Waals surface area contributed by atoms with Crippen molar-refractivity contribution >= 4 is 28.2 Å². The minimum atomic E-state index is -0.408. The number of rotatable bonds is 3. The van der Waals surface area contributed by atoms with Crippen molar-refractivity contribution in [1.29, 1.82) is 0 Å². The van der Waals surface area contributed by atoms with Gasteiger partial charge in [-0.3, -0.25) is 9.59 Å². The monoisotopic (exact) mass is 372 g/mol. The maximum absolute atomic E-state index is 12.7. The molecular formula is C19H20N2O4S. The smallest absolute Gasteiger partial charge is 0.308 e. The highest BCUT2D eigenvalue weighted by Crippen LogP contribution is 2.42. The summed E-state index contributed by atoms with van der Waals surface area (Å²) in [6, 6.07) is 5.27. The van der Waals surface area contributed by atoms with Crippen LogP contribution in [-0.2, 0) is 17.6 Å². The van der Waals surface area contributed by atoms with Gasteiger partial charge >= 0.3 is 5.97 Å². The van der Waals surface area contributed by atoms with Crippen LogP contribution in [-0.4, -0.2) is 19.0 Å². The van der Waals surface area contributed by atoms with Crippen LogP contribution in [0.15, 0.2) is 18.2 Å². The Morgan fingerprint density at radius 2 is 2.00 bits per heavy atom. The van der Waals surface area contributed by atoms with E-state index in [1.807, 2.05) is 6.07 Å². The second-order valence-corrected chi connectivity index (χ2v) is 7.57. The summed E-state index contributed by atoms with van der Waals surface area (Å²) < 4.78 is 10.5. The van der Waals surface area contributed by atoms with Crippen LogP contribution >= 0.6 is 11.3 Å². The van der Waals surface area contributed by atoms with Crippen LogP contribution in [0.4, 0.5) is 5.00 Å². The van der Waals surface area contributed by atoms with E-state index in [1.165, 1.54) is 30.9 Å². The minimum absolute atomic E-state index is 0.0359. The molecule has 26 heavy (non-hydrogen) atoms. The van der Waals surface area contributed by atoms with Gasteiger partial charge in [0.1, 0.15) is 11.2 Å². The van der Waals surface area contributed by atoms with Crippen LogP contribution in [0.2, 0.25) is 0 Å². The van der Waals surface area contributed by atoms with Crippen LogP contribution < -0.4 is 20.1 Å². The third-order valence-electron chi connectivity index (χ3n) is 4.72. The molecule has 0 radical (unpaired) electrons. The third kappa shape index (κ3) is 2.92. The molecule has 0 bridgehead atoms. The van der Waals surface area contributed by atoms with E-state index in [9.17, 15) is 9.59 Å². The molecule has 0 saturated heterocycles. The van der Waals surface area contributed by atoms with Crippen molar-refractivity contribution in [2.75, 3.05) is 12.4 Å².